The minimum absolute atomic E-state index is 0.0853. The van der Waals surface area contributed by atoms with Crippen LogP contribution in [0.2, 0.25) is 0 Å². The number of nitrogens with two attached hydrogens (primary N) is 1. The molecule has 1 heterocycles. The highest BCUT2D eigenvalue weighted by atomic mass is 16.5. The van der Waals surface area contributed by atoms with E-state index in [4.69, 9.17) is 10.5 Å². The Morgan fingerprint density at radius 2 is 2.11 bits per heavy atom. The lowest BCUT2D eigenvalue weighted by atomic mass is 9.84. The number of hydrogen-bond acceptors (Lipinski definition) is 3. The van der Waals surface area contributed by atoms with Gasteiger partial charge < -0.3 is 15.4 Å². The molecule has 0 saturated carbocycles. The largest absolute Gasteiger partial charge is 0.379 e. The third kappa shape index (κ3) is 2.65. The third-order valence-corrected chi connectivity index (χ3v) is 3.86. The second-order valence-corrected chi connectivity index (χ2v) is 5.57. The Bertz CT molecular complexity index is 476. The fraction of sp³-hybridized carbons (Fsp3) is 0.533. The van der Waals surface area contributed by atoms with Crippen LogP contribution in [0.15, 0.2) is 18.2 Å². The summed E-state index contributed by atoms with van der Waals surface area (Å²) in [5.74, 6) is 0.0853. The lowest BCUT2D eigenvalue weighted by Gasteiger charge is -2.41. The number of carbonyl (C=O) groups excluding carboxylic acids is 1. The molecule has 19 heavy (non-hydrogen) atoms. The monoisotopic (exact) mass is 262 g/mol. The quantitative estimate of drug-likeness (QED) is 0.888. The molecule has 1 aliphatic heterocycles. The Balaban J connectivity index is 2.10. The molecule has 1 aliphatic rings. The van der Waals surface area contributed by atoms with Crippen molar-refractivity contribution in [3.05, 3.63) is 34.9 Å². The summed E-state index contributed by atoms with van der Waals surface area (Å²) in [4.78, 5) is 14.2. The molecule has 104 valence electrons. The first-order chi connectivity index (χ1) is 8.98. The van der Waals surface area contributed by atoms with E-state index >= 15 is 0 Å². The van der Waals surface area contributed by atoms with Crippen LogP contribution in [0.25, 0.3) is 0 Å². The van der Waals surface area contributed by atoms with Crippen molar-refractivity contribution >= 4 is 5.91 Å². The van der Waals surface area contributed by atoms with Gasteiger partial charge >= 0.3 is 0 Å². The van der Waals surface area contributed by atoms with Gasteiger partial charge in [0.05, 0.1) is 13.2 Å². The van der Waals surface area contributed by atoms with Crippen LogP contribution in [0.5, 0.6) is 0 Å². The number of amides is 1. The first kappa shape index (κ1) is 14.0. The Hall–Kier alpha value is -1.39. The van der Waals surface area contributed by atoms with Gasteiger partial charge in [0, 0.05) is 20.1 Å². The minimum atomic E-state index is -0.494. The zero-order valence-electron chi connectivity index (χ0n) is 11.9. The molecule has 4 heteroatoms. The van der Waals surface area contributed by atoms with E-state index in [1.807, 2.05) is 7.05 Å². The maximum atomic E-state index is 12.4. The van der Waals surface area contributed by atoms with Crippen LogP contribution in [-0.4, -0.2) is 37.6 Å². The van der Waals surface area contributed by atoms with E-state index in [1.165, 1.54) is 16.7 Å². The third-order valence-electron chi connectivity index (χ3n) is 3.86. The van der Waals surface area contributed by atoms with E-state index in [-0.39, 0.29) is 5.91 Å². The predicted molar refractivity (Wildman–Crippen MR) is 74.7 cm³/mol. The maximum Gasteiger partial charge on any atom is 0.234 e. The Kier molecular flexibility index (Phi) is 3.92. The van der Waals surface area contributed by atoms with Gasteiger partial charge in [-0.15, -0.1) is 0 Å². The molecule has 2 N–H and O–H groups in total. The van der Waals surface area contributed by atoms with Crippen LogP contribution in [-0.2, 0) is 16.1 Å². The van der Waals surface area contributed by atoms with E-state index in [2.05, 4.69) is 32.0 Å². The molecule has 1 fully saturated rings. The van der Waals surface area contributed by atoms with Gasteiger partial charge in [0.25, 0.3) is 0 Å². The van der Waals surface area contributed by atoms with Crippen LogP contribution in [0.4, 0.5) is 0 Å². The molecular formula is C15H22N2O2. The van der Waals surface area contributed by atoms with Gasteiger partial charge in [0.2, 0.25) is 5.91 Å². The molecule has 0 atom stereocenters. The molecule has 1 aromatic carbocycles. The Morgan fingerprint density at radius 1 is 1.42 bits per heavy atom. The zero-order valence-corrected chi connectivity index (χ0v) is 11.9. The summed E-state index contributed by atoms with van der Waals surface area (Å²) in [5.41, 5.74) is 8.83. The van der Waals surface area contributed by atoms with E-state index < -0.39 is 5.41 Å². The molecule has 0 aliphatic carbocycles. The van der Waals surface area contributed by atoms with E-state index in [9.17, 15) is 4.79 Å². The molecule has 4 nitrogen and oxygen atoms in total. The molecule has 1 aromatic rings. The Morgan fingerprint density at radius 3 is 2.63 bits per heavy atom. The molecule has 0 spiro atoms. The number of rotatable bonds is 4. The Labute approximate surface area is 114 Å². The second-order valence-electron chi connectivity index (χ2n) is 5.57. The number of nitrogens with zero attached hydrogens (tertiary/aromatic N) is 1. The summed E-state index contributed by atoms with van der Waals surface area (Å²) in [6.07, 6.45) is 0. The van der Waals surface area contributed by atoms with Crippen LogP contribution in [0.3, 0.4) is 0 Å². The van der Waals surface area contributed by atoms with Gasteiger partial charge in [-0.05, 0) is 25.0 Å². The van der Waals surface area contributed by atoms with E-state index in [0.29, 0.717) is 26.3 Å². The number of ether oxygens (including phenoxy) is 1. The van der Waals surface area contributed by atoms with Gasteiger partial charge in [-0.25, -0.2) is 0 Å². The van der Waals surface area contributed by atoms with Gasteiger partial charge in [0.15, 0.2) is 0 Å². The lowest BCUT2D eigenvalue weighted by Crippen LogP contribution is -2.58. The average Bonchev–Trinajstić information content (AvgIpc) is 2.33. The van der Waals surface area contributed by atoms with Crippen molar-refractivity contribution in [2.75, 3.05) is 26.8 Å². The van der Waals surface area contributed by atoms with Gasteiger partial charge in [-0.2, -0.15) is 0 Å². The lowest BCUT2D eigenvalue weighted by molar-refractivity contribution is -0.169. The molecule has 1 amide bonds. The summed E-state index contributed by atoms with van der Waals surface area (Å²) >= 11 is 0. The summed E-state index contributed by atoms with van der Waals surface area (Å²) in [5, 5.41) is 0. The maximum absolute atomic E-state index is 12.4. The average molecular weight is 262 g/mol. The first-order valence-corrected chi connectivity index (χ1v) is 6.58. The van der Waals surface area contributed by atoms with E-state index in [0.717, 1.165) is 0 Å². The summed E-state index contributed by atoms with van der Waals surface area (Å²) in [6, 6.07) is 6.31. The molecule has 0 bridgehead atoms. The minimum Gasteiger partial charge on any atom is -0.379 e. The second kappa shape index (κ2) is 5.31. The van der Waals surface area contributed by atoms with Crippen molar-refractivity contribution in [2.24, 2.45) is 11.1 Å². The summed E-state index contributed by atoms with van der Waals surface area (Å²) in [7, 11) is 1.83. The summed E-state index contributed by atoms with van der Waals surface area (Å²) in [6.45, 7) is 5.99. The number of benzene rings is 1. The highest BCUT2D eigenvalue weighted by molar-refractivity contribution is 5.84. The summed E-state index contributed by atoms with van der Waals surface area (Å²) < 4.78 is 5.17. The number of aryl methyl sites for hydroxylation is 2. The highest BCUT2D eigenvalue weighted by Crippen LogP contribution is 2.29. The van der Waals surface area contributed by atoms with Crippen molar-refractivity contribution in [2.45, 2.75) is 20.4 Å². The van der Waals surface area contributed by atoms with Crippen LogP contribution in [0.1, 0.15) is 16.7 Å². The van der Waals surface area contributed by atoms with Crippen molar-refractivity contribution in [3.63, 3.8) is 0 Å². The highest BCUT2D eigenvalue weighted by Gasteiger charge is 2.46. The van der Waals surface area contributed by atoms with Crippen LogP contribution >= 0.6 is 0 Å². The molecule has 0 aromatic heterocycles. The first-order valence-electron chi connectivity index (χ1n) is 6.58. The van der Waals surface area contributed by atoms with Crippen molar-refractivity contribution < 1.29 is 9.53 Å². The van der Waals surface area contributed by atoms with Crippen LogP contribution in [0, 0.1) is 19.3 Å². The predicted octanol–water partition coefficient (Wildman–Crippen LogP) is 1.24. The smallest absolute Gasteiger partial charge is 0.234 e. The fourth-order valence-corrected chi connectivity index (χ4v) is 2.38. The van der Waals surface area contributed by atoms with Gasteiger partial charge in [-0.3, -0.25) is 4.79 Å². The van der Waals surface area contributed by atoms with Crippen molar-refractivity contribution in [3.8, 4) is 0 Å². The standard InChI is InChI=1S/C15H22N2O2/c1-11-4-5-12(2)13(6-11)7-17(3)14(18)15(8-16)9-19-10-15/h4-6H,7-10,16H2,1-3H3. The van der Waals surface area contributed by atoms with Gasteiger partial charge in [-0.1, -0.05) is 23.8 Å². The molecule has 2 rings (SSSR count). The topological polar surface area (TPSA) is 55.6 Å². The molecule has 1 saturated heterocycles. The van der Waals surface area contributed by atoms with Crippen LogP contribution < -0.4 is 5.73 Å². The van der Waals surface area contributed by atoms with E-state index in [1.54, 1.807) is 4.90 Å². The fourth-order valence-electron chi connectivity index (χ4n) is 2.38. The molecular weight excluding hydrogens is 240 g/mol. The number of hydrogen-bond donors (Lipinski definition) is 1. The van der Waals surface area contributed by atoms with Crippen molar-refractivity contribution in [1.82, 2.24) is 4.90 Å². The van der Waals surface area contributed by atoms with Crippen molar-refractivity contribution in [1.29, 1.82) is 0 Å². The SMILES string of the molecule is Cc1ccc(C)c(CN(C)C(=O)C2(CN)COC2)c1. The molecule has 0 unspecified atom stereocenters. The zero-order chi connectivity index (χ0) is 14.0. The molecule has 0 radical (unpaired) electrons. The van der Waals surface area contributed by atoms with Gasteiger partial charge in [0.1, 0.15) is 5.41 Å². The number of carbonyl (C=O) groups is 1. The normalized spacial score (nSPS) is 16.8.